The summed E-state index contributed by atoms with van der Waals surface area (Å²) in [7, 11) is 0. The molecular formula is C11H18O7. The Bertz CT molecular complexity index is 275. The molecule has 0 amide bonds. The number of carboxylic acid groups (broad SMARTS) is 2. The number of carboxylic acids is 2. The molecule has 0 aromatic rings. The van der Waals surface area contributed by atoms with E-state index in [1.54, 1.807) is 0 Å². The van der Waals surface area contributed by atoms with Crippen molar-refractivity contribution in [1.29, 1.82) is 0 Å². The smallest absolute Gasteiger partial charge is 0.305 e. The fraction of sp³-hybridized carbons (Fsp3) is 0.727. The first-order chi connectivity index (χ1) is 8.52. The van der Waals surface area contributed by atoms with Crippen LogP contribution in [-0.2, 0) is 23.9 Å². The number of unbranched alkanes of at least 4 members (excludes halogenated alkanes) is 1. The first-order valence-corrected chi connectivity index (χ1v) is 5.69. The van der Waals surface area contributed by atoms with Crippen molar-refractivity contribution in [3.63, 3.8) is 0 Å². The quantitative estimate of drug-likeness (QED) is 0.415. The fourth-order valence-corrected chi connectivity index (χ4v) is 1.09. The lowest BCUT2D eigenvalue weighted by Gasteiger charge is -2.05. The number of rotatable bonds is 11. The van der Waals surface area contributed by atoms with Gasteiger partial charge in [-0.3, -0.25) is 14.4 Å². The first kappa shape index (κ1) is 16.4. The van der Waals surface area contributed by atoms with Crippen molar-refractivity contribution >= 4 is 17.9 Å². The summed E-state index contributed by atoms with van der Waals surface area (Å²) in [5.74, 6) is -2.22. The Balaban J connectivity index is 3.26. The Morgan fingerprint density at radius 1 is 0.778 bits per heavy atom. The molecule has 0 saturated heterocycles. The van der Waals surface area contributed by atoms with Gasteiger partial charge in [-0.2, -0.15) is 0 Å². The van der Waals surface area contributed by atoms with Crippen molar-refractivity contribution in [2.45, 2.75) is 32.1 Å². The van der Waals surface area contributed by atoms with E-state index in [4.69, 9.17) is 19.7 Å². The number of carbonyl (C=O) groups is 3. The number of hydrogen-bond donors (Lipinski definition) is 2. The summed E-state index contributed by atoms with van der Waals surface area (Å²) in [6.07, 6.45) is 1.07. The van der Waals surface area contributed by atoms with Crippen LogP contribution in [0, 0.1) is 0 Å². The fourth-order valence-electron chi connectivity index (χ4n) is 1.09. The predicted molar refractivity (Wildman–Crippen MR) is 60.1 cm³/mol. The summed E-state index contributed by atoms with van der Waals surface area (Å²) >= 11 is 0. The van der Waals surface area contributed by atoms with Gasteiger partial charge in [0.1, 0.15) is 6.61 Å². The molecule has 0 aromatic heterocycles. The van der Waals surface area contributed by atoms with Crippen LogP contribution < -0.4 is 0 Å². The van der Waals surface area contributed by atoms with Crippen LogP contribution in [0.3, 0.4) is 0 Å². The van der Waals surface area contributed by atoms with Gasteiger partial charge in [-0.05, 0) is 12.8 Å². The third-order valence-corrected chi connectivity index (χ3v) is 1.97. The van der Waals surface area contributed by atoms with E-state index in [0.29, 0.717) is 12.8 Å². The van der Waals surface area contributed by atoms with Crippen molar-refractivity contribution in [2.24, 2.45) is 0 Å². The molecule has 0 heterocycles. The Kier molecular flexibility index (Phi) is 9.57. The maximum absolute atomic E-state index is 11.1. The van der Waals surface area contributed by atoms with E-state index in [9.17, 15) is 14.4 Å². The molecule has 104 valence electrons. The van der Waals surface area contributed by atoms with E-state index in [1.807, 2.05) is 0 Å². The third kappa shape index (κ3) is 12.4. The summed E-state index contributed by atoms with van der Waals surface area (Å²) in [5.41, 5.74) is 0. The Morgan fingerprint density at radius 3 is 2.00 bits per heavy atom. The molecule has 0 aliphatic carbocycles. The van der Waals surface area contributed by atoms with E-state index in [0.717, 1.165) is 0 Å². The van der Waals surface area contributed by atoms with Gasteiger partial charge < -0.3 is 19.7 Å². The van der Waals surface area contributed by atoms with E-state index in [1.165, 1.54) is 0 Å². The number of aliphatic carboxylic acids is 2. The van der Waals surface area contributed by atoms with Gasteiger partial charge in [0.2, 0.25) is 0 Å². The average Bonchev–Trinajstić information content (AvgIpc) is 2.28. The molecule has 0 aromatic carbocycles. The Hall–Kier alpha value is -1.63. The van der Waals surface area contributed by atoms with Crippen molar-refractivity contribution in [2.75, 3.05) is 19.8 Å². The first-order valence-electron chi connectivity index (χ1n) is 5.69. The van der Waals surface area contributed by atoms with Gasteiger partial charge in [-0.1, -0.05) is 0 Å². The second kappa shape index (κ2) is 10.5. The third-order valence-electron chi connectivity index (χ3n) is 1.97. The highest BCUT2D eigenvalue weighted by atomic mass is 16.6. The molecule has 0 spiro atoms. The van der Waals surface area contributed by atoms with Crippen LogP contribution in [0.25, 0.3) is 0 Å². The standard InChI is InChI=1S/C11H18O7/c12-9(13)3-1-2-4-11(16)18-8-7-17-6-5-10(14)15/h1-8H2,(H,12,13)(H,14,15). The van der Waals surface area contributed by atoms with Crippen LogP contribution in [0.5, 0.6) is 0 Å². The Morgan fingerprint density at radius 2 is 1.39 bits per heavy atom. The molecular weight excluding hydrogens is 244 g/mol. The molecule has 0 rings (SSSR count). The minimum absolute atomic E-state index is 0.0472. The van der Waals surface area contributed by atoms with Crippen LogP contribution in [0.4, 0.5) is 0 Å². The van der Waals surface area contributed by atoms with Crippen molar-refractivity contribution in [3.8, 4) is 0 Å². The second-order valence-corrected chi connectivity index (χ2v) is 3.58. The zero-order chi connectivity index (χ0) is 13.8. The summed E-state index contributed by atoms with van der Waals surface area (Å²) in [4.78, 5) is 31.4. The van der Waals surface area contributed by atoms with Gasteiger partial charge in [0.25, 0.3) is 0 Å². The van der Waals surface area contributed by atoms with E-state index in [2.05, 4.69) is 0 Å². The van der Waals surface area contributed by atoms with Crippen LogP contribution in [0.1, 0.15) is 32.1 Å². The average molecular weight is 262 g/mol. The SMILES string of the molecule is O=C(O)CCCCC(=O)OCCOCCC(=O)O. The summed E-state index contributed by atoms with van der Waals surface area (Å²) in [5, 5.41) is 16.7. The van der Waals surface area contributed by atoms with Crippen LogP contribution >= 0.6 is 0 Å². The maximum Gasteiger partial charge on any atom is 0.305 e. The van der Waals surface area contributed by atoms with Gasteiger partial charge in [0.05, 0.1) is 19.6 Å². The molecule has 0 bridgehead atoms. The van der Waals surface area contributed by atoms with E-state index >= 15 is 0 Å². The molecule has 0 aliphatic rings. The van der Waals surface area contributed by atoms with Crippen LogP contribution in [-0.4, -0.2) is 47.9 Å². The lowest BCUT2D eigenvalue weighted by Crippen LogP contribution is -2.12. The van der Waals surface area contributed by atoms with E-state index < -0.39 is 17.9 Å². The molecule has 18 heavy (non-hydrogen) atoms. The van der Waals surface area contributed by atoms with Crippen molar-refractivity contribution in [1.82, 2.24) is 0 Å². The Labute approximate surface area is 105 Å². The maximum atomic E-state index is 11.1. The molecule has 0 atom stereocenters. The number of esters is 1. The minimum atomic E-state index is -0.939. The van der Waals surface area contributed by atoms with Crippen molar-refractivity contribution < 1.29 is 34.1 Å². The highest BCUT2D eigenvalue weighted by molar-refractivity contribution is 5.69. The van der Waals surface area contributed by atoms with Gasteiger partial charge >= 0.3 is 17.9 Å². The second-order valence-electron chi connectivity index (χ2n) is 3.58. The lowest BCUT2D eigenvalue weighted by molar-refractivity contribution is -0.146. The molecule has 0 unspecified atom stereocenters. The molecule has 0 saturated carbocycles. The highest BCUT2D eigenvalue weighted by Crippen LogP contribution is 2.01. The zero-order valence-corrected chi connectivity index (χ0v) is 10.1. The van der Waals surface area contributed by atoms with Gasteiger partial charge in [-0.25, -0.2) is 0 Å². The summed E-state index contributed by atoms with van der Waals surface area (Å²) < 4.78 is 9.71. The van der Waals surface area contributed by atoms with Crippen molar-refractivity contribution in [3.05, 3.63) is 0 Å². The van der Waals surface area contributed by atoms with Gasteiger partial charge in [0.15, 0.2) is 0 Å². The minimum Gasteiger partial charge on any atom is -0.481 e. The number of ether oxygens (including phenoxy) is 2. The molecule has 2 N–H and O–H groups in total. The monoisotopic (exact) mass is 262 g/mol. The van der Waals surface area contributed by atoms with Crippen LogP contribution in [0.2, 0.25) is 0 Å². The molecule has 0 radical (unpaired) electrons. The summed E-state index contributed by atoms with van der Waals surface area (Å²) in [6, 6.07) is 0. The molecule has 7 heteroatoms. The molecule has 7 nitrogen and oxygen atoms in total. The number of carbonyl (C=O) groups excluding carboxylic acids is 1. The summed E-state index contributed by atoms with van der Waals surface area (Å²) in [6.45, 7) is 0.330. The molecule has 0 aliphatic heterocycles. The largest absolute Gasteiger partial charge is 0.481 e. The van der Waals surface area contributed by atoms with Crippen LogP contribution in [0.15, 0.2) is 0 Å². The highest BCUT2D eigenvalue weighted by Gasteiger charge is 2.04. The normalized spacial score (nSPS) is 10.0. The molecule has 0 fully saturated rings. The predicted octanol–water partition coefficient (Wildman–Crippen LogP) is 0.666. The van der Waals surface area contributed by atoms with Gasteiger partial charge in [0, 0.05) is 12.8 Å². The van der Waals surface area contributed by atoms with E-state index in [-0.39, 0.29) is 39.1 Å². The lowest BCUT2D eigenvalue weighted by atomic mass is 10.2. The zero-order valence-electron chi connectivity index (χ0n) is 10.1. The van der Waals surface area contributed by atoms with Gasteiger partial charge in [-0.15, -0.1) is 0 Å². The topological polar surface area (TPSA) is 110 Å². The number of hydrogen-bond acceptors (Lipinski definition) is 5.